The van der Waals surface area contributed by atoms with Gasteiger partial charge in [0.2, 0.25) is 10.0 Å². The van der Waals surface area contributed by atoms with E-state index in [1.165, 1.54) is 0 Å². The smallest absolute Gasteiger partial charge is 0.303 e. The summed E-state index contributed by atoms with van der Waals surface area (Å²) in [5.41, 5.74) is -0.681. The topological polar surface area (TPSA) is 83.5 Å². The van der Waals surface area contributed by atoms with Crippen molar-refractivity contribution in [2.24, 2.45) is 0 Å². The van der Waals surface area contributed by atoms with Gasteiger partial charge in [0.05, 0.1) is 5.25 Å². The van der Waals surface area contributed by atoms with E-state index in [9.17, 15) is 13.2 Å². The van der Waals surface area contributed by atoms with Crippen molar-refractivity contribution >= 4 is 16.0 Å². The highest BCUT2D eigenvalue weighted by Gasteiger charge is 2.38. The summed E-state index contributed by atoms with van der Waals surface area (Å²) in [6.45, 7) is 3.41. The maximum Gasteiger partial charge on any atom is 0.303 e. The summed E-state index contributed by atoms with van der Waals surface area (Å²) in [5, 5.41) is 8.26. The lowest BCUT2D eigenvalue weighted by molar-refractivity contribution is -0.137. The fraction of sp³-hybridized carbons (Fsp3) is 0.889. The number of aliphatic carboxylic acids is 1. The molecule has 6 heteroatoms. The molecule has 2 N–H and O–H groups in total. The normalized spacial score (nSPS) is 17.7. The zero-order chi connectivity index (χ0) is 11.7. The quantitative estimate of drug-likeness (QED) is 0.710. The molecule has 0 heterocycles. The molecule has 15 heavy (non-hydrogen) atoms. The molecule has 1 aliphatic rings. The van der Waals surface area contributed by atoms with Gasteiger partial charge in [0.1, 0.15) is 0 Å². The number of carboxylic acids is 1. The second-order valence-electron chi connectivity index (χ2n) is 4.62. The van der Waals surface area contributed by atoms with Gasteiger partial charge in [-0.05, 0) is 33.1 Å². The van der Waals surface area contributed by atoms with E-state index in [0.717, 1.165) is 0 Å². The molecule has 0 saturated heterocycles. The highest BCUT2D eigenvalue weighted by Crippen LogP contribution is 2.29. The zero-order valence-electron chi connectivity index (χ0n) is 8.99. The number of carboxylic acid groups (broad SMARTS) is 1. The molecular formula is C9H17NO4S. The number of rotatable bonds is 6. The van der Waals surface area contributed by atoms with Crippen LogP contribution in [-0.4, -0.2) is 30.3 Å². The van der Waals surface area contributed by atoms with Crippen LogP contribution in [0.25, 0.3) is 0 Å². The first-order chi connectivity index (χ1) is 6.73. The average molecular weight is 235 g/mol. The monoisotopic (exact) mass is 235 g/mol. The Morgan fingerprint density at radius 2 is 2.00 bits per heavy atom. The number of hydrogen-bond acceptors (Lipinski definition) is 3. The Balaban J connectivity index is 2.51. The Morgan fingerprint density at radius 1 is 1.47 bits per heavy atom. The summed E-state index contributed by atoms with van der Waals surface area (Å²) in [6, 6.07) is 0. The Labute approximate surface area is 89.9 Å². The predicted molar refractivity (Wildman–Crippen MR) is 56.0 cm³/mol. The molecule has 0 aliphatic heterocycles. The van der Waals surface area contributed by atoms with Crippen molar-refractivity contribution in [3.8, 4) is 0 Å². The molecule has 88 valence electrons. The van der Waals surface area contributed by atoms with Crippen LogP contribution in [0.1, 0.15) is 39.5 Å². The third-order valence-electron chi connectivity index (χ3n) is 2.35. The van der Waals surface area contributed by atoms with Crippen LogP contribution in [0, 0.1) is 0 Å². The average Bonchev–Trinajstić information content (AvgIpc) is 2.80. The van der Waals surface area contributed by atoms with E-state index < -0.39 is 21.5 Å². The summed E-state index contributed by atoms with van der Waals surface area (Å²) in [7, 11) is -3.24. The van der Waals surface area contributed by atoms with Crippen LogP contribution in [0.4, 0.5) is 0 Å². The van der Waals surface area contributed by atoms with Crippen molar-refractivity contribution < 1.29 is 18.3 Å². The molecule has 0 bridgehead atoms. The molecule has 0 radical (unpaired) electrons. The largest absolute Gasteiger partial charge is 0.481 e. The fourth-order valence-corrected chi connectivity index (χ4v) is 3.11. The highest BCUT2D eigenvalue weighted by atomic mass is 32.2. The first kappa shape index (κ1) is 12.4. The molecule has 1 fully saturated rings. The van der Waals surface area contributed by atoms with Gasteiger partial charge in [-0.25, -0.2) is 13.1 Å². The maximum atomic E-state index is 11.6. The lowest BCUT2D eigenvalue weighted by Crippen LogP contribution is -2.45. The summed E-state index contributed by atoms with van der Waals surface area (Å²) < 4.78 is 25.7. The second kappa shape index (κ2) is 4.09. The molecule has 5 nitrogen and oxygen atoms in total. The number of sulfonamides is 1. The van der Waals surface area contributed by atoms with E-state index in [1.54, 1.807) is 13.8 Å². The maximum absolute atomic E-state index is 11.6. The van der Waals surface area contributed by atoms with Crippen molar-refractivity contribution in [3.63, 3.8) is 0 Å². The summed E-state index contributed by atoms with van der Waals surface area (Å²) in [4.78, 5) is 10.4. The van der Waals surface area contributed by atoms with Crippen LogP contribution in [0.15, 0.2) is 0 Å². The van der Waals surface area contributed by atoms with Gasteiger partial charge in [-0.3, -0.25) is 4.79 Å². The molecule has 0 aromatic rings. The summed E-state index contributed by atoms with van der Waals surface area (Å²) >= 11 is 0. The van der Waals surface area contributed by atoms with Gasteiger partial charge in [-0.2, -0.15) is 0 Å². The van der Waals surface area contributed by atoms with Crippen molar-refractivity contribution in [1.82, 2.24) is 4.72 Å². The molecule has 1 rings (SSSR count). The molecule has 0 amide bonds. The third kappa shape index (κ3) is 4.17. The van der Waals surface area contributed by atoms with Gasteiger partial charge in [0, 0.05) is 12.0 Å². The standard InChI is InChI=1S/C9H17NO4S/c1-9(2,6-5-8(11)12)10-15(13,14)7-3-4-7/h7,10H,3-6H2,1-2H3,(H,11,12). The summed E-state index contributed by atoms with van der Waals surface area (Å²) in [5.74, 6) is -0.909. The molecule has 1 aliphatic carbocycles. The minimum absolute atomic E-state index is 0.0276. The van der Waals surface area contributed by atoms with Crippen LogP contribution in [-0.2, 0) is 14.8 Å². The van der Waals surface area contributed by atoms with Gasteiger partial charge < -0.3 is 5.11 Å². The minimum Gasteiger partial charge on any atom is -0.481 e. The van der Waals surface area contributed by atoms with E-state index in [0.29, 0.717) is 19.3 Å². The molecular weight excluding hydrogens is 218 g/mol. The summed E-state index contributed by atoms with van der Waals surface area (Å²) in [6.07, 6.45) is 1.70. The molecule has 0 unspecified atom stereocenters. The van der Waals surface area contributed by atoms with E-state index >= 15 is 0 Å². The SMILES string of the molecule is CC(C)(CCC(=O)O)NS(=O)(=O)C1CC1. The highest BCUT2D eigenvalue weighted by molar-refractivity contribution is 7.90. The molecule has 0 aromatic carbocycles. The second-order valence-corrected chi connectivity index (χ2v) is 6.58. The van der Waals surface area contributed by atoms with Gasteiger partial charge in [0.25, 0.3) is 0 Å². The third-order valence-corrected chi connectivity index (χ3v) is 4.53. The Hall–Kier alpha value is -0.620. The van der Waals surface area contributed by atoms with E-state index in [2.05, 4.69) is 4.72 Å². The number of hydrogen-bond donors (Lipinski definition) is 2. The van der Waals surface area contributed by atoms with Crippen LogP contribution in [0.5, 0.6) is 0 Å². The molecule has 0 aromatic heterocycles. The van der Waals surface area contributed by atoms with Crippen molar-refractivity contribution in [2.75, 3.05) is 0 Å². The number of carbonyl (C=O) groups is 1. The van der Waals surface area contributed by atoms with Crippen molar-refractivity contribution in [2.45, 2.75) is 50.3 Å². The van der Waals surface area contributed by atoms with Crippen molar-refractivity contribution in [3.05, 3.63) is 0 Å². The lowest BCUT2D eigenvalue weighted by Gasteiger charge is -2.25. The van der Waals surface area contributed by atoms with Crippen LogP contribution < -0.4 is 4.72 Å². The Kier molecular flexibility index (Phi) is 3.40. The zero-order valence-corrected chi connectivity index (χ0v) is 9.80. The van der Waals surface area contributed by atoms with Crippen LogP contribution in [0.2, 0.25) is 0 Å². The molecule has 1 saturated carbocycles. The fourth-order valence-electron chi connectivity index (χ4n) is 1.32. The number of nitrogens with one attached hydrogen (secondary N) is 1. The van der Waals surface area contributed by atoms with Gasteiger partial charge >= 0.3 is 5.97 Å². The van der Waals surface area contributed by atoms with Gasteiger partial charge in [-0.1, -0.05) is 0 Å². The van der Waals surface area contributed by atoms with Gasteiger partial charge in [-0.15, -0.1) is 0 Å². The Morgan fingerprint density at radius 3 is 2.40 bits per heavy atom. The van der Waals surface area contributed by atoms with Crippen LogP contribution in [0.3, 0.4) is 0 Å². The Bertz CT molecular complexity index is 343. The van der Waals surface area contributed by atoms with Crippen molar-refractivity contribution in [1.29, 1.82) is 0 Å². The van der Waals surface area contributed by atoms with E-state index in [-0.39, 0.29) is 11.7 Å². The lowest BCUT2D eigenvalue weighted by atomic mass is 10.0. The van der Waals surface area contributed by atoms with E-state index in [4.69, 9.17) is 5.11 Å². The van der Waals surface area contributed by atoms with Gasteiger partial charge in [0.15, 0.2) is 0 Å². The first-order valence-corrected chi connectivity index (χ1v) is 6.52. The van der Waals surface area contributed by atoms with Crippen LogP contribution >= 0.6 is 0 Å². The predicted octanol–water partition coefficient (Wildman–Crippen LogP) is 0.712. The van der Waals surface area contributed by atoms with E-state index in [1.807, 2.05) is 0 Å². The molecule has 0 atom stereocenters. The molecule has 0 spiro atoms. The first-order valence-electron chi connectivity index (χ1n) is 4.97. The minimum atomic E-state index is -3.24.